The van der Waals surface area contributed by atoms with Crippen molar-refractivity contribution in [3.05, 3.63) is 155 Å². The largest absolute Gasteiger partial charge is 0.494 e. The molecule has 234 valence electrons. The van der Waals surface area contributed by atoms with Crippen molar-refractivity contribution in [2.24, 2.45) is 4.99 Å². The van der Waals surface area contributed by atoms with Crippen LogP contribution < -0.4 is 29.7 Å². The predicted molar refractivity (Wildman–Crippen MR) is 183 cm³/mol. The average Bonchev–Trinajstić information content (AvgIpc) is 3.38. The number of para-hydroxylation sites is 1. The van der Waals surface area contributed by atoms with Crippen LogP contribution in [0.25, 0.3) is 6.08 Å². The van der Waals surface area contributed by atoms with Gasteiger partial charge in [0, 0.05) is 21.8 Å². The van der Waals surface area contributed by atoms with Gasteiger partial charge in [-0.25, -0.2) is 4.99 Å². The second kappa shape index (κ2) is 13.9. The first-order valence-electron chi connectivity index (χ1n) is 14.9. The van der Waals surface area contributed by atoms with Crippen molar-refractivity contribution in [3.8, 4) is 17.6 Å². The molecular weight excluding hydrogens is 632 g/mol. The number of hydrogen-bond acceptors (Lipinski definition) is 7. The molecule has 0 unspecified atom stereocenters. The number of benzene rings is 4. The Hall–Kier alpha value is -5.43. The number of nitrogens with one attached hydrogen (secondary N) is 1. The average molecular weight is 661 g/mol. The minimum atomic E-state index is -0.745. The van der Waals surface area contributed by atoms with Gasteiger partial charge in [-0.05, 0) is 74.0 Å². The van der Waals surface area contributed by atoms with Crippen molar-refractivity contribution in [1.82, 2.24) is 4.57 Å². The summed E-state index contributed by atoms with van der Waals surface area (Å²) in [5.41, 5.74) is 3.77. The van der Waals surface area contributed by atoms with E-state index in [1.165, 1.54) is 11.3 Å². The van der Waals surface area contributed by atoms with E-state index in [1.807, 2.05) is 61.5 Å². The molecule has 1 atom stereocenters. The lowest BCUT2D eigenvalue weighted by atomic mass is 9.95. The number of anilines is 1. The van der Waals surface area contributed by atoms with Crippen molar-refractivity contribution >= 4 is 40.6 Å². The van der Waals surface area contributed by atoms with E-state index in [4.69, 9.17) is 26.1 Å². The van der Waals surface area contributed by atoms with E-state index in [2.05, 4.69) is 11.4 Å². The minimum absolute atomic E-state index is 0.157. The van der Waals surface area contributed by atoms with Crippen LogP contribution in [0.15, 0.2) is 118 Å². The van der Waals surface area contributed by atoms with E-state index < -0.39 is 6.04 Å². The molecule has 4 aromatic carbocycles. The molecule has 0 spiro atoms. The number of fused-ring (bicyclic) bond motifs is 1. The number of ether oxygens (including phenoxy) is 2. The van der Waals surface area contributed by atoms with Gasteiger partial charge in [-0.1, -0.05) is 71.5 Å². The molecule has 10 heteroatoms. The van der Waals surface area contributed by atoms with Gasteiger partial charge in [-0.3, -0.25) is 14.2 Å². The molecule has 1 aromatic heterocycles. The maximum absolute atomic E-state index is 14.3. The van der Waals surface area contributed by atoms with E-state index in [1.54, 1.807) is 60.0 Å². The molecule has 0 saturated carbocycles. The van der Waals surface area contributed by atoms with E-state index in [9.17, 15) is 14.9 Å². The Kier molecular flexibility index (Phi) is 9.34. The van der Waals surface area contributed by atoms with Crippen molar-refractivity contribution in [3.63, 3.8) is 0 Å². The third-order valence-corrected chi connectivity index (χ3v) is 8.80. The van der Waals surface area contributed by atoms with Crippen molar-refractivity contribution in [1.29, 1.82) is 5.26 Å². The summed E-state index contributed by atoms with van der Waals surface area (Å²) in [4.78, 5) is 33.3. The SMILES string of the molecule is CCOc1ccc([C@H]2C(C(=O)Nc3ccccc3)=C(C)N=c3s/c(=C\c4cc(Cl)ccc4OCc4ccccc4C#N)c(=O)n32)cc1. The Morgan fingerprint density at radius 1 is 1.04 bits per heavy atom. The number of nitrogens with zero attached hydrogens (tertiary/aromatic N) is 3. The van der Waals surface area contributed by atoms with Gasteiger partial charge >= 0.3 is 0 Å². The van der Waals surface area contributed by atoms with Crippen molar-refractivity contribution in [2.75, 3.05) is 11.9 Å². The van der Waals surface area contributed by atoms with Crippen molar-refractivity contribution < 1.29 is 14.3 Å². The first-order chi connectivity index (χ1) is 22.9. The second-order valence-electron chi connectivity index (χ2n) is 10.6. The highest BCUT2D eigenvalue weighted by Gasteiger charge is 2.32. The third kappa shape index (κ3) is 6.75. The van der Waals surface area contributed by atoms with Gasteiger partial charge in [0.25, 0.3) is 11.5 Å². The zero-order valence-electron chi connectivity index (χ0n) is 25.6. The molecule has 0 bridgehead atoms. The smallest absolute Gasteiger partial charge is 0.271 e. The molecule has 0 aliphatic carbocycles. The van der Waals surface area contributed by atoms with Crippen LogP contribution in [0, 0.1) is 11.3 Å². The van der Waals surface area contributed by atoms with Gasteiger partial charge in [0.15, 0.2) is 4.80 Å². The van der Waals surface area contributed by atoms with Crippen LogP contribution in [0.1, 0.15) is 42.1 Å². The van der Waals surface area contributed by atoms with Gasteiger partial charge in [-0.15, -0.1) is 0 Å². The lowest BCUT2D eigenvalue weighted by molar-refractivity contribution is -0.113. The summed E-state index contributed by atoms with van der Waals surface area (Å²) in [7, 11) is 0. The molecular formula is C37H29ClN4O4S. The number of nitriles is 1. The van der Waals surface area contributed by atoms with E-state index in [0.29, 0.717) is 60.5 Å². The topological polar surface area (TPSA) is 106 Å². The Morgan fingerprint density at radius 2 is 1.79 bits per heavy atom. The molecule has 1 N–H and O–H groups in total. The van der Waals surface area contributed by atoms with Crippen LogP contribution in [0.2, 0.25) is 5.02 Å². The summed E-state index contributed by atoms with van der Waals surface area (Å²) in [6.45, 7) is 4.36. The standard InChI is InChI=1S/C37H29ClN4O4S/c1-3-45-30-16-13-24(14-17-30)34-33(35(43)41-29-11-5-4-6-12-29)23(2)40-37-42(34)36(44)32(47-37)20-27-19-28(38)15-18-31(27)46-22-26-10-8-7-9-25(26)21-39/h4-20,34H,3,22H2,1-2H3,(H,41,43)/b32-20-/t34-/m0/s1. The zero-order valence-corrected chi connectivity index (χ0v) is 27.1. The number of hydrogen-bond donors (Lipinski definition) is 1. The highest BCUT2D eigenvalue weighted by atomic mass is 35.5. The summed E-state index contributed by atoms with van der Waals surface area (Å²) in [5, 5.41) is 12.9. The number of carbonyl (C=O) groups excluding carboxylic acids is 1. The summed E-state index contributed by atoms with van der Waals surface area (Å²) >= 11 is 7.61. The number of rotatable bonds is 9. The Balaban J connectivity index is 1.44. The molecule has 0 radical (unpaired) electrons. The van der Waals surface area contributed by atoms with Crippen LogP contribution in [0.4, 0.5) is 5.69 Å². The lowest BCUT2D eigenvalue weighted by Gasteiger charge is -2.25. The van der Waals surface area contributed by atoms with Crippen LogP contribution in [0.3, 0.4) is 0 Å². The zero-order chi connectivity index (χ0) is 32.9. The summed E-state index contributed by atoms with van der Waals surface area (Å²) < 4.78 is 13.7. The Morgan fingerprint density at radius 3 is 2.53 bits per heavy atom. The van der Waals surface area contributed by atoms with E-state index in [-0.39, 0.29) is 18.1 Å². The molecule has 5 aromatic rings. The molecule has 6 rings (SSSR count). The molecule has 1 aliphatic heterocycles. The van der Waals surface area contributed by atoms with Gasteiger partial charge < -0.3 is 14.8 Å². The number of aromatic nitrogens is 1. The molecule has 1 amide bonds. The summed E-state index contributed by atoms with van der Waals surface area (Å²) in [6, 6.07) is 30.4. The minimum Gasteiger partial charge on any atom is -0.494 e. The summed E-state index contributed by atoms with van der Waals surface area (Å²) in [6.07, 6.45) is 1.72. The lowest BCUT2D eigenvalue weighted by Crippen LogP contribution is -2.40. The fraction of sp³-hybridized carbons (Fsp3) is 0.135. The maximum atomic E-state index is 14.3. The maximum Gasteiger partial charge on any atom is 0.271 e. The quantitative estimate of drug-likeness (QED) is 0.198. The molecule has 2 heterocycles. The molecule has 0 fully saturated rings. The Labute approximate surface area is 280 Å². The van der Waals surface area contributed by atoms with Crippen LogP contribution in [0.5, 0.6) is 11.5 Å². The molecule has 47 heavy (non-hydrogen) atoms. The number of halogens is 1. The fourth-order valence-electron chi connectivity index (χ4n) is 5.38. The monoisotopic (exact) mass is 660 g/mol. The van der Waals surface area contributed by atoms with Crippen LogP contribution in [-0.2, 0) is 11.4 Å². The van der Waals surface area contributed by atoms with Gasteiger partial charge in [0.05, 0.1) is 40.1 Å². The molecule has 1 aliphatic rings. The first kappa shape index (κ1) is 31.5. The normalized spacial score (nSPS) is 14.2. The number of thiazole rings is 1. The van der Waals surface area contributed by atoms with Crippen LogP contribution in [-0.4, -0.2) is 17.1 Å². The fourth-order valence-corrected chi connectivity index (χ4v) is 6.59. The van der Waals surface area contributed by atoms with Gasteiger partial charge in [0.1, 0.15) is 18.1 Å². The number of carbonyl (C=O) groups is 1. The highest BCUT2D eigenvalue weighted by molar-refractivity contribution is 7.07. The van der Waals surface area contributed by atoms with Gasteiger partial charge in [-0.2, -0.15) is 5.26 Å². The number of allylic oxidation sites excluding steroid dienone is 1. The predicted octanol–water partition coefficient (Wildman–Crippen LogP) is 6.38. The summed E-state index contributed by atoms with van der Waals surface area (Å²) in [5.74, 6) is 0.828. The van der Waals surface area contributed by atoms with E-state index >= 15 is 0 Å². The van der Waals surface area contributed by atoms with Gasteiger partial charge in [0.2, 0.25) is 0 Å². The van der Waals surface area contributed by atoms with Crippen molar-refractivity contribution in [2.45, 2.75) is 26.5 Å². The highest BCUT2D eigenvalue weighted by Crippen LogP contribution is 2.32. The number of amides is 1. The van der Waals surface area contributed by atoms with E-state index in [0.717, 1.165) is 11.1 Å². The van der Waals surface area contributed by atoms with Crippen LogP contribution >= 0.6 is 22.9 Å². The molecule has 8 nitrogen and oxygen atoms in total. The second-order valence-corrected chi connectivity index (χ2v) is 12.1. The first-order valence-corrected chi connectivity index (χ1v) is 16.1. The third-order valence-electron chi connectivity index (χ3n) is 7.58. The Bertz CT molecular complexity index is 2220. The molecule has 0 saturated heterocycles.